The molecule has 0 unspecified atom stereocenters. The summed E-state index contributed by atoms with van der Waals surface area (Å²) in [6.45, 7) is 1.88. The average Bonchev–Trinajstić information content (AvgIpc) is 3.48. The molecular weight excluding hydrogens is 386 g/mol. The van der Waals surface area contributed by atoms with Gasteiger partial charge in [0, 0.05) is 29.7 Å². The number of hydrogen-bond acceptors (Lipinski definition) is 3. The first-order valence-corrected chi connectivity index (χ1v) is 11.1. The molecular formula is C25H29N5O. The number of aromatic nitrogens is 3. The largest absolute Gasteiger partial charge is 0.352 e. The van der Waals surface area contributed by atoms with Crippen molar-refractivity contribution in [3.05, 3.63) is 66.1 Å². The van der Waals surface area contributed by atoms with Crippen molar-refractivity contribution < 1.29 is 4.79 Å². The molecule has 1 saturated carbocycles. The van der Waals surface area contributed by atoms with Crippen LogP contribution < -0.4 is 5.32 Å². The van der Waals surface area contributed by atoms with E-state index < -0.39 is 0 Å². The van der Waals surface area contributed by atoms with Gasteiger partial charge in [-0.3, -0.25) is 9.69 Å². The summed E-state index contributed by atoms with van der Waals surface area (Å²) >= 11 is 0. The molecule has 2 N–H and O–H groups in total. The zero-order chi connectivity index (χ0) is 21.2. The van der Waals surface area contributed by atoms with Crippen molar-refractivity contribution in [3.8, 4) is 0 Å². The van der Waals surface area contributed by atoms with E-state index in [9.17, 15) is 4.79 Å². The summed E-state index contributed by atoms with van der Waals surface area (Å²) in [6.07, 6.45) is 6.79. The summed E-state index contributed by atoms with van der Waals surface area (Å²) in [5.74, 6) is 1.07. The highest BCUT2D eigenvalue weighted by atomic mass is 16.2. The monoisotopic (exact) mass is 415 g/mol. The molecule has 6 heteroatoms. The number of para-hydroxylation sites is 3. The Bertz CT molecular complexity index is 1170. The highest BCUT2D eigenvalue weighted by Crippen LogP contribution is 2.23. The predicted molar refractivity (Wildman–Crippen MR) is 124 cm³/mol. The molecule has 160 valence electrons. The van der Waals surface area contributed by atoms with Crippen molar-refractivity contribution in [2.24, 2.45) is 0 Å². The Morgan fingerprint density at radius 1 is 1.13 bits per heavy atom. The molecule has 0 radical (unpaired) electrons. The van der Waals surface area contributed by atoms with E-state index in [1.165, 1.54) is 23.8 Å². The second-order valence-corrected chi connectivity index (χ2v) is 8.72. The quantitative estimate of drug-likeness (QED) is 0.475. The molecule has 0 saturated heterocycles. The van der Waals surface area contributed by atoms with Gasteiger partial charge in [0.25, 0.3) is 0 Å². The van der Waals surface area contributed by atoms with E-state index in [0.29, 0.717) is 12.6 Å². The average molecular weight is 416 g/mol. The lowest BCUT2D eigenvalue weighted by atomic mass is 10.1. The Balaban J connectivity index is 1.31. The minimum Gasteiger partial charge on any atom is -0.352 e. The van der Waals surface area contributed by atoms with Gasteiger partial charge in [-0.15, -0.1) is 0 Å². The van der Waals surface area contributed by atoms with Crippen molar-refractivity contribution in [3.63, 3.8) is 0 Å². The maximum absolute atomic E-state index is 12.6. The van der Waals surface area contributed by atoms with Crippen molar-refractivity contribution in [1.82, 2.24) is 24.8 Å². The lowest BCUT2D eigenvalue weighted by Crippen LogP contribution is -2.35. The fraction of sp³-hybridized carbons (Fsp3) is 0.360. The number of imidazole rings is 1. The van der Waals surface area contributed by atoms with E-state index in [0.717, 1.165) is 48.3 Å². The zero-order valence-corrected chi connectivity index (χ0v) is 18.0. The van der Waals surface area contributed by atoms with Gasteiger partial charge in [-0.1, -0.05) is 43.2 Å². The number of nitrogens with zero attached hydrogens (tertiary/aromatic N) is 3. The molecule has 2 aromatic carbocycles. The Morgan fingerprint density at radius 2 is 1.90 bits per heavy atom. The maximum atomic E-state index is 12.6. The highest BCUT2D eigenvalue weighted by molar-refractivity contribution is 5.86. The molecule has 0 spiro atoms. The molecule has 31 heavy (non-hydrogen) atoms. The third-order valence-electron chi connectivity index (χ3n) is 6.20. The number of fused-ring (bicyclic) bond motifs is 2. The summed E-state index contributed by atoms with van der Waals surface area (Å²) in [5, 5.41) is 4.41. The van der Waals surface area contributed by atoms with Crippen molar-refractivity contribution in [1.29, 1.82) is 0 Å². The lowest BCUT2D eigenvalue weighted by molar-refractivity contribution is -0.122. The fourth-order valence-corrected chi connectivity index (χ4v) is 4.76. The number of amides is 1. The van der Waals surface area contributed by atoms with Crippen LogP contribution in [0.4, 0.5) is 0 Å². The summed E-state index contributed by atoms with van der Waals surface area (Å²) in [7, 11) is 2.10. The van der Waals surface area contributed by atoms with Gasteiger partial charge in [0.05, 0.1) is 17.6 Å². The fourth-order valence-electron chi connectivity index (χ4n) is 4.76. The smallest absolute Gasteiger partial charge is 0.240 e. The summed E-state index contributed by atoms with van der Waals surface area (Å²) < 4.78 is 2.09. The summed E-state index contributed by atoms with van der Waals surface area (Å²) in [4.78, 5) is 23.0. The molecule has 0 atom stereocenters. The van der Waals surface area contributed by atoms with Crippen LogP contribution in [0.15, 0.2) is 54.7 Å². The van der Waals surface area contributed by atoms with Gasteiger partial charge in [0.1, 0.15) is 12.4 Å². The zero-order valence-electron chi connectivity index (χ0n) is 18.0. The molecule has 2 heterocycles. The third kappa shape index (κ3) is 4.35. The molecule has 6 nitrogen and oxygen atoms in total. The van der Waals surface area contributed by atoms with E-state index in [4.69, 9.17) is 4.98 Å². The molecule has 4 aromatic rings. The van der Waals surface area contributed by atoms with E-state index in [2.05, 4.69) is 57.3 Å². The van der Waals surface area contributed by atoms with Crippen molar-refractivity contribution >= 4 is 27.8 Å². The number of nitrogens with one attached hydrogen (secondary N) is 2. The van der Waals surface area contributed by atoms with E-state index >= 15 is 0 Å². The molecule has 1 aliphatic carbocycles. The van der Waals surface area contributed by atoms with Crippen LogP contribution in [-0.4, -0.2) is 38.4 Å². The minimum absolute atomic E-state index is 0.106. The molecule has 2 aromatic heterocycles. The number of H-pyrrole nitrogens is 1. The van der Waals surface area contributed by atoms with Gasteiger partial charge in [-0.2, -0.15) is 0 Å². The Hall–Kier alpha value is -3.12. The number of carbonyl (C=O) groups is 1. The van der Waals surface area contributed by atoms with Crippen LogP contribution in [0.5, 0.6) is 0 Å². The van der Waals surface area contributed by atoms with Gasteiger partial charge in [-0.05, 0) is 43.7 Å². The number of aromatic amines is 1. The van der Waals surface area contributed by atoms with E-state index in [-0.39, 0.29) is 5.91 Å². The van der Waals surface area contributed by atoms with Gasteiger partial charge in [-0.25, -0.2) is 4.98 Å². The van der Waals surface area contributed by atoms with Crippen LogP contribution in [0.1, 0.15) is 37.1 Å². The summed E-state index contributed by atoms with van der Waals surface area (Å²) in [5.41, 5.74) is 4.39. The number of carbonyl (C=O) groups excluding carboxylic acids is 1. The Morgan fingerprint density at radius 3 is 2.74 bits per heavy atom. The topological polar surface area (TPSA) is 66.0 Å². The lowest BCUT2D eigenvalue weighted by Gasteiger charge is -2.14. The van der Waals surface area contributed by atoms with Gasteiger partial charge >= 0.3 is 0 Å². The molecule has 1 amide bonds. The molecule has 5 rings (SSSR count). The second kappa shape index (κ2) is 8.55. The van der Waals surface area contributed by atoms with Crippen LogP contribution >= 0.6 is 0 Å². The van der Waals surface area contributed by atoms with Gasteiger partial charge in [0.15, 0.2) is 0 Å². The van der Waals surface area contributed by atoms with Gasteiger partial charge in [0.2, 0.25) is 5.91 Å². The van der Waals surface area contributed by atoms with Crippen LogP contribution in [0.3, 0.4) is 0 Å². The first kappa shape index (κ1) is 19.8. The highest BCUT2D eigenvalue weighted by Gasteiger charge is 2.18. The van der Waals surface area contributed by atoms with Crippen LogP contribution in [0.2, 0.25) is 0 Å². The van der Waals surface area contributed by atoms with Crippen molar-refractivity contribution in [2.75, 3.05) is 7.05 Å². The number of benzene rings is 2. The molecule has 1 fully saturated rings. The first-order valence-electron chi connectivity index (χ1n) is 11.1. The van der Waals surface area contributed by atoms with Crippen LogP contribution in [-0.2, 0) is 24.4 Å². The Kier molecular flexibility index (Phi) is 5.47. The normalized spacial score (nSPS) is 14.8. The van der Waals surface area contributed by atoms with E-state index in [1.54, 1.807) is 0 Å². The summed E-state index contributed by atoms with van der Waals surface area (Å²) in [6, 6.07) is 16.8. The Labute approximate surface area is 182 Å². The third-order valence-corrected chi connectivity index (χ3v) is 6.20. The van der Waals surface area contributed by atoms with Crippen LogP contribution in [0.25, 0.3) is 21.9 Å². The predicted octanol–water partition coefficient (Wildman–Crippen LogP) is 4.21. The number of rotatable bonds is 7. The van der Waals surface area contributed by atoms with Gasteiger partial charge < -0.3 is 14.9 Å². The minimum atomic E-state index is 0.106. The van der Waals surface area contributed by atoms with Crippen molar-refractivity contribution in [2.45, 2.75) is 51.4 Å². The molecule has 0 bridgehead atoms. The SMILES string of the molecule is CN(Cc1nc2ccccc2[nH]1)Cc1cn(CC(=O)NC2CCCC2)c2ccccc12. The molecule has 1 aliphatic rings. The van der Waals surface area contributed by atoms with Crippen LogP contribution in [0, 0.1) is 0 Å². The number of hydrogen-bond donors (Lipinski definition) is 2. The standard InChI is InChI=1S/C25H29N5O/c1-29(16-24-27-21-11-5-6-12-22(21)28-24)14-18-15-30(23-13-7-4-10-20(18)23)17-25(31)26-19-8-2-3-9-19/h4-7,10-13,15,19H,2-3,8-9,14,16-17H2,1H3,(H,26,31)(H,27,28). The second-order valence-electron chi connectivity index (χ2n) is 8.72. The molecule has 0 aliphatic heterocycles. The maximum Gasteiger partial charge on any atom is 0.240 e. The first-order chi connectivity index (χ1) is 15.2. The van der Waals surface area contributed by atoms with E-state index in [1.807, 2.05) is 24.3 Å².